The lowest BCUT2D eigenvalue weighted by atomic mass is 10.2. The molecule has 1 aliphatic rings. The fourth-order valence-electron chi connectivity index (χ4n) is 2.31. The standard InChI is InChI=1S/C14H24N4O/c1-4-16-13-9-15-10-14(17-13)18(7-8-19-3)11(2)12-5-6-12/h9-12H,4-8H2,1-3H3,(H,16,17). The molecule has 5 nitrogen and oxygen atoms in total. The molecule has 0 aromatic carbocycles. The predicted octanol–water partition coefficient (Wildman–Crippen LogP) is 2.16. The number of methoxy groups -OCH3 is 1. The van der Waals surface area contributed by atoms with Crippen LogP contribution in [0.15, 0.2) is 12.4 Å². The highest BCUT2D eigenvalue weighted by atomic mass is 16.5. The van der Waals surface area contributed by atoms with Crippen LogP contribution >= 0.6 is 0 Å². The van der Waals surface area contributed by atoms with Gasteiger partial charge in [-0.05, 0) is 32.6 Å². The van der Waals surface area contributed by atoms with Gasteiger partial charge in [0.25, 0.3) is 0 Å². The first-order chi connectivity index (χ1) is 9.26. The highest BCUT2D eigenvalue weighted by Crippen LogP contribution is 2.36. The third-order valence-electron chi connectivity index (χ3n) is 3.61. The fraction of sp³-hybridized carbons (Fsp3) is 0.714. The van der Waals surface area contributed by atoms with E-state index in [1.165, 1.54) is 12.8 Å². The van der Waals surface area contributed by atoms with Crippen LogP contribution in [0.4, 0.5) is 11.6 Å². The lowest BCUT2D eigenvalue weighted by Gasteiger charge is -2.30. The smallest absolute Gasteiger partial charge is 0.149 e. The van der Waals surface area contributed by atoms with Crippen LogP contribution in [0.1, 0.15) is 26.7 Å². The van der Waals surface area contributed by atoms with E-state index in [1.807, 2.05) is 6.20 Å². The minimum atomic E-state index is 0.501. The van der Waals surface area contributed by atoms with Crippen LogP contribution in [0.5, 0.6) is 0 Å². The summed E-state index contributed by atoms with van der Waals surface area (Å²) >= 11 is 0. The molecule has 0 radical (unpaired) electrons. The molecule has 1 aliphatic carbocycles. The van der Waals surface area contributed by atoms with Gasteiger partial charge in [-0.3, -0.25) is 4.98 Å². The third kappa shape index (κ3) is 3.80. The average molecular weight is 264 g/mol. The number of rotatable bonds is 8. The topological polar surface area (TPSA) is 50.3 Å². The van der Waals surface area contributed by atoms with E-state index in [1.54, 1.807) is 13.3 Å². The van der Waals surface area contributed by atoms with Crippen LogP contribution in [-0.2, 0) is 4.74 Å². The van der Waals surface area contributed by atoms with E-state index >= 15 is 0 Å². The molecule has 0 bridgehead atoms. The minimum absolute atomic E-state index is 0.501. The monoisotopic (exact) mass is 264 g/mol. The maximum Gasteiger partial charge on any atom is 0.149 e. The molecule has 1 unspecified atom stereocenters. The Balaban J connectivity index is 2.13. The average Bonchev–Trinajstić information content (AvgIpc) is 3.24. The first kappa shape index (κ1) is 14.1. The first-order valence-corrected chi connectivity index (χ1v) is 7.07. The number of anilines is 2. The molecule has 0 amide bonds. The minimum Gasteiger partial charge on any atom is -0.383 e. The molecule has 0 spiro atoms. The van der Waals surface area contributed by atoms with E-state index in [-0.39, 0.29) is 0 Å². The third-order valence-corrected chi connectivity index (χ3v) is 3.61. The van der Waals surface area contributed by atoms with Gasteiger partial charge < -0.3 is 15.0 Å². The van der Waals surface area contributed by atoms with Gasteiger partial charge in [-0.15, -0.1) is 0 Å². The summed E-state index contributed by atoms with van der Waals surface area (Å²) in [6, 6.07) is 0.501. The van der Waals surface area contributed by atoms with E-state index in [0.717, 1.165) is 30.6 Å². The second-order valence-corrected chi connectivity index (χ2v) is 5.06. The number of nitrogens with zero attached hydrogens (tertiary/aromatic N) is 3. The van der Waals surface area contributed by atoms with E-state index in [0.29, 0.717) is 12.6 Å². The van der Waals surface area contributed by atoms with Crippen LogP contribution < -0.4 is 10.2 Å². The number of hydrogen-bond donors (Lipinski definition) is 1. The number of ether oxygens (including phenoxy) is 1. The zero-order valence-electron chi connectivity index (χ0n) is 12.1. The highest BCUT2D eigenvalue weighted by molar-refractivity contribution is 5.44. The Morgan fingerprint density at radius 3 is 2.89 bits per heavy atom. The second-order valence-electron chi connectivity index (χ2n) is 5.06. The molecule has 1 aromatic heterocycles. The predicted molar refractivity (Wildman–Crippen MR) is 77.6 cm³/mol. The zero-order valence-corrected chi connectivity index (χ0v) is 12.1. The van der Waals surface area contributed by atoms with Crippen molar-refractivity contribution in [3.05, 3.63) is 12.4 Å². The Morgan fingerprint density at radius 2 is 2.26 bits per heavy atom. The Kier molecular flexibility index (Phi) is 4.96. The summed E-state index contributed by atoms with van der Waals surface area (Å²) in [7, 11) is 1.74. The molecule has 1 saturated carbocycles. The SMILES string of the molecule is CCNc1cncc(N(CCOC)C(C)C2CC2)n1. The van der Waals surface area contributed by atoms with E-state index in [2.05, 4.69) is 34.0 Å². The highest BCUT2D eigenvalue weighted by Gasteiger charge is 2.32. The molecule has 1 atom stereocenters. The quantitative estimate of drug-likeness (QED) is 0.779. The molecular formula is C14H24N4O. The molecule has 106 valence electrons. The van der Waals surface area contributed by atoms with Crippen LogP contribution in [0.3, 0.4) is 0 Å². The Morgan fingerprint density at radius 1 is 1.47 bits per heavy atom. The van der Waals surface area contributed by atoms with E-state index in [9.17, 15) is 0 Å². The second kappa shape index (κ2) is 6.70. The molecular weight excluding hydrogens is 240 g/mol. The van der Waals surface area contributed by atoms with Gasteiger partial charge in [-0.1, -0.05) is 0 Å². The van der Waals surface area contributed by atoms with Crippen molar-refractivity contribution in [2.24, 2.45) is 5.92 Å². The van der Waals surface area contributed by atoms with Gasteiger partial charge in [0.05, 0.1) is 19.0 Å². The molecule has 1 heterocycles. The Hall–Kier alpha value is -1.36. The summed E-state index contributed by atoms with van der Waals surface area (Å²) < 4.78 is 5.22. The summed E-state index contributed by atoms with van der Waals surface area (Å²) in [6.45, 7) is 6.76. The Bertz CT molecular complexity index is 395. The molecule has 1 N–H and O–H groups in total. The molecule has 0 saturated heterocycles. The number of nitrogens with one attached hydrogen (secondary N) is 1. The maximum absolute atomic E-state index is 5.22. The molecule has 1 fully saturated rings. The van der Waals surface area contributed by atoms with Crippen molar-refractivity contribution in [2.45, 2.75) is 32.7 Å². The van der Waals surface area contributed by atoms with Gasteiger partial charge in [0.15, 0.2) is 0 Å². The summed E-state index contributed by atoms with van der Waals surface area (Å²) in [5.41, 5.74) is 0. The molecule has 19 heavy (non-hydrogen) atoms. The summed E-state index contributed by atoms with van der Waals surface area (Å²) in [5.74, 6) is 2.57. The van der Waals surface area contributed by atoms with Gasteiger partial charge in [0, 0.05) is 26.2 Å². The van der Waals surface area contributed by atoms with Crippen molar-refractivity contribution < 1.29 is 4.74 Å². The molecule has 0 aliphatic heterocycles. The van der Waals surface area contributed by atoms with Gasteiger partial charge in [0.2, 0.25) is 0 Å². The van der Waals surface area contributed by atoms with E-state index in [4.69, 9.17) is 4.74 Å². The van der Waals surface area contributed by atoms with Crippen molar-refractivity contribution in [3.63, 3.8) is 0 Å². The number of hydrogen-bond acceptors (Lipinski definition) is 5. The molecule has 5 heteroatoms. The number of aromatic nitrogens is 2. The fourth-order valence-corrected chi connectivity index (χ4v) is 2.31. The molecule has 1 aromatic rings. The van der Waals surface area contributed by atoms with Crippen LogP contribution in [-0.4, -0.2) is 42.8 Å². The van der Waals surface area contributed by atoms with Gasteiger partial charge in [-0.25, -0.2) is 4.98 Å². The first-order valence-electron chi connectivity index (χ1n) is 7.07. The van der Waals surface area contributed by atoms with Crippen molar-refractivity contribution in [2.75, 3.05) is 37.0 Å². The van der Waals surface area contributed by atoms with Crippen LogP contribution in [0, 0.1) is 5.92 Å². The summed E-state index contributed by atoms with van der Waals surface area (Å²) in [4.78, 5) is 11.2. The van der Waals surface area contributed by atoms with Gasteiger partial charge in [0.1, 0.15) is 11.6 Å². The lowest BCUT2D eigenvalue weighted by molar-refractivity contribution is 0.202. The maximum atomic E-state index is 5.22. The lowest BCUT2D eigenvalue weighted by Crippen LogP contribution is -2.38. The largest absolute Gasteiger partial charge is 0.383 e. The van der Waals surface area contributed by atoms with Crippen molar-refractivity contribution in [3.8, 4) is 0 Å². The van der Waals surface area contributed by atoms with E-state index < -0.39 is 0 Å². The van der Waals surface area contributed by atoms with Crippen LogP contribution in [0.2, 0.25) is 0 Å². The zero-order chi connectivity index (χ0) is 13.7. The van der Waals surface area contributed by atoms with Crippen molar-refractivity contribution in [1.82, 2.24) is 9.97 Å². The summed E-state index contributed by atoms with van der Waals surface area (Å²) in [6.07, 6.45) is 6.26. The molecule has 2 rings (SSSR count). The van der Waals surface area contributed by atoms with Crippen molar-refractivity contribution >= 4 is 11.6 Å². The summed E-state index contributed by atoms with van der Waals surface area (Å²) in [5, 5.41) is 3.21. The normalized spacial score (nSPS) is 16.2. The van der Waals surface area contributed by atoms with Gasteiger partial charge in [-0.2, -0.15) is 0 Å². The van der Waals surface area contributed by atoms with Crippen LogP contribution in [0.25, 0.3) is 0 Å². The Labute approximate surface area is 115 Å². The van der Waals surface area contributed by atoms with Crippen molar-refractivity contribution in [1.29, 1.82) is 0 Å². The van der Waals surface area contributed by atoms with Gasteiger partial charge >= 0.3 is 0 Å².